The van der Waals surface area contributed by atoms with Crippen LogP contribution in [0.2, 0.25) is 0 Å². The van der Waals surface area contributed by atoms with Crippen LogP contribution in [0.25, 0.3) is 0 Å². The first-order chi connectivity index (χ1) is 6.77. The first-order valence-electron chi connectivity index (χ1n) is 4.88. The molecule has 0 spiro atoms. The Bertz CT molecular complexity index is 314. The van der Waals surface area contributed by atoms with Gasteiger partial charge in [-0.15, -0.1) is 0 Å². The number of β-amino-alcohol motifs (C(OH)–C–C–N with tert-alkyl or cyclic N) is 1. The highest BCUT2D eigenvalue weighted by atomic mass is 16.5. The maximum absolute atomic E-state index is 9.55. The number of hydrogen-bond donors (Lipinski definition) is 2. The number of benzene rings is 1. The van der Waals surface area contributed by atoms with Crippen LogP contribution in [0.3, 0.4) is 0 Å². The summed E-state index contributed by atoms with van der Waals surface area (Å²) in [6, 6.07) is 7.85. The van der Waals surface area contributed by atoms with Gasteiger partial charge in [-0.1, -0.05) is 18.2 Å². The van der Waals surface area contributed by atoms with Gasteiger partial charge in [0.2, 0.25) is 0 Å². The normalized spacial score (nSPS) is 26.4. The van der Waals surface area contributed by atoms with Crippen molar-refractivity contribution in [3.63, 3.8) is 0 Å². The van der Waals surface area contributed by atoms with Gasteiger partial charge in [-0.2, -0.15) is 0 Å². The van der Waals surface area contributed by atoms with Crippen molar-refractivity contribution >= 4 is 0 Å². The monoisotopic (exact) mass is 193 g/mol. The van der Waals surface area contributed by atoms with E-state index in [1.165, 1.54) is 0 Å². The van der Waals surface area contributed by atoms with E-state index >= 15 is 0 Å². The highest BCUT2D eigenvalue weighted by Gasteiger charge is 2.26. The minimum absolute atomic E-state index is 0.115. The molecule has 2 atom stereocenters. The fraction of sp³-hybridized carbons (Fsp3) is 0.455. The van der Waals surface area contributed by atoms with Gasteiger partial charge >= 0.3 is 0 Å². The van der Waals surface area contributed by atoms with Crippen molar-refractivity contribution in [1.29, 1.82) is 0 Å². The van der Waals surface area contributed by atoms with E-state index < -0.39 is 6.10 Å². The van der Waals surface area contributed by atoms with Crippen molar-refractivity contribution in [2.75, 3.05) is 13.1 Å². The predicted molar refractivity (Wildman–Crippen MR) is 54.5 cm³/mol. The summed E-state index contributed by atoms with van der Waals surface area (Å²) in [5, 5.41) is 12.6. The van der Waals surface area contributed by atoms with Crippen molar-refractivity contribution in [2.24, 2.45) is 0 Å². The Morgan fingerprint density at radius 2 is 2.14 bits per heavy atom. The van der Waals surface area contributed by atoms with E-state index in [2.05, 4.69) is 5.32 Å². The summed E-state index contributed by atoms with van der Waals surface area (Å²) >= 11 is 0. The third-order valence-corrected chi connectivity index (χ3v) is 2.50. The van der Waals surface area contributed by atoms with E-state index in [4.69, 9.17) is 4.74 Å². The molecule has 14 heavy (non-hydrogen) atoms. The second-order valence-electron chi connectivity index (χ2n) is 3.65. The van der Waals surface area contributed by atoms with Gasteiger partial charge in [-0.25, -0.2) is 0 Å². The van der Waals surface area contributed by atoms with Crippen molar-refractivity contribution in [3.05, 3.63) is 29.8 Å². The number of ether oxygens (including phenoxy) is 1. The number of para-hydroxylation sites is 1. The molecule has 1 fully saturated rings. The Balaban J connectivity index is 2.07. The van der Waals surface area contributed by atoms with Gasteiger partial charge < -0.3 is 15.2 Å². The third kappa shape index (κ3) is 1.89. The van der Waals surface area contributed by atoms with Gasteiger partial charge in [0.15, 0.2) is 0 Å². The Morgan fingerprint density at radius 1 is 1.36 bits per heavy atom. The summed E-state index contributed by atoms with van der Waals surface area (Å²) in [5.74, 6) is 0.861. The van der Waals surface area contributed by atoms with E-state index in [0.717, 1.165) is 17.9 Å². The first kappa shape index (κ1) is 9.49. The molecule has 0 saturated carbocycles. The van der Waals surface area contributed by atoms with Crippen LogP contribution in [0.1, 0.15) is 5.56 Å². The number of aliphatic hydroxyl groups excluding tert-OH is 1. The maximum Gasteiger partial charge on any atom is 0.138 e. The molecule has 1 aliphatic rings. The molecular formula is C11H15NO2. The average Bonchev–Trinajstić information content (AvgIpc) is 2.56. The molecule has 1 aromatic carbocycles. The van der Waals surface area contributed by atoms with Gasteiger partial charge in [0.25, 0.3) is 0 Å². The fourth-order valence-corrected chi connectivity index (χ4v) is 1.61. The predicted octanol–water partition coefficient (Wildman–Crippen LogP) is 0.707. The lowest BCUT2D eigenvalue weighted by molar-refractivity contribution is 0.0733. The number of nitrogens with one attached hydrogen (secondary N) is 1. The Hall–Kier alpha value is -1.06. The zero-order chi connectivity index (χ0) is 9.97. The van der Waals surface area contributed by atoms with Gasteiger partial charge in [-0.3, -0.25) is 0 Å². The molecule has 0 bridgehead atoms. The fourth-order valence-electron chi connectivity index (χ4n) is 1.61. The molecule has 3 heteroatoms. The second kappa shape index (κ2) is 3.98. The molecule has 0 radical (unpaired) electrons. The SMILES string of the molecule is Cc1ccccc1O[C@@H]1CNC[C@H]1O. The number of rotatable bonds is 2. The molecule has 0 aliphatic carbocycles. The second-order valence-corrected chi connectivity index (χ2v) is 3.65. The van der Waals surface area contributed by atoms with Gasteiger partial charge in [0.05, 0.1) is 0 Å². The summed E-state index contributed by atoms with van der Waals surface area (Å²) in [5.41, 5.74) is 1.10. The van der Waals surface area contributed by atoms with Crippen LogP contribution in [0.4, 0.5) is 0 Å². The lowest BCUT2D eigenvalue weighted by Gasteiger charge is -2.17. The molecule has 0 amide bonds. The van der Waals surface area contributed by atoms with Gasteiger partial charge in [0, 0.05) is 13.1 Å². The zero-order valence-corrected chi connectivity index (χ0v) is 8.23. The highest BCUT2D eigenvalue weighted by molar-refractivity contribution is 5.32. The van der Waals surface area contributed by atoms with E-state index in [1.54, 1.807) is 0 Å². The van der Waals surface area contributed by atoms with Crippen LogP contribution in [0.5, 0.6) is 5.75 Å². The molecule has 1 heterocycles. The van der Waals surface area contributed by atoms with Crippen molar-refractivity contribution < 1.29 is 9.84 Å². The topological polar surface area (TPSA) is 41.5 Å². The maximum atomic E-state index is 9.55. The van der Waals surface area contributed by atoms with Crippen LogP contribution >= 0.6 is 0 Å². The number of aryl methyl sites for hydroxylation is 1. The zero-order valence-electron chi connectivity index (χ0n) is 8.23. The van der Waals surface area contributed by atoms with E-state index in [-0.39, 0.29) is 6.10 Å². The molecule has 76 valence electrons. The smallest absolute Gasteiger partial charge is 0.138 e. The quantitative estimate of drug-likeness (QED) is 0.726. The standard InChI is InChI=1S/C11H15NO2/c1-8-4-2-3-5-10(8)14-11-7-12-6-9(11)13/h2-5,9,11-13H,6-7H2,1H3/t9-,11-/m1/s1. The Labute approximate surface area is 83.7 Å². The summed E-state index contributed by atoms with van der Waals surface area (Å²) in [4.78, 5) is 0. The molecule has 0 aromatic heterocycles. The van der Waals surface area contributed by atoms with Gasteiger partial charge in [-0.05, 0) is 18.6 Å². The molecular weight excluding hydrogens is 178 g/mol. The largest absolute Gasteiger partial charge is 0.486 e. The van der Waals surface area contributed by atoms with Crippen LogP contribution in [0.15, 0.2) is 24.3 Å². The van der Waals surface area contributed by atoms with Crippen LogP contribution in [-0.4, -0.2) is 30.4 Å². The lowest BCUT2D eigenvalue weighted by Crippen LogP contribution is -2.30. The molecule has 1 saturated heterocycles. The van der Waals surface area contributed by atoms with Crippen LogP contribution < -0.4 is 10.1 Å². The van der Waals surface area contributed by atoms with Crippen molar-refractivity contribution in [3.8, 4) is 5.75 Å². The molecule has 1 aliphatic heterocycles. The van der Waals surface area contributed by atoms with Crippen LogP contribution in [-0.2, 0) is 0 Å². The molecule has 3 nitrogen and oxygen atoms in total. The van der Waals surface area contributed by atoms with E-state index in [9.17, 15) is 5.11 Å². The summed E-state index contributed by atoms with van der Waals surface area (Å²) in [7, 11) is 0. The van der Waals surface area contributed by atoms with E-state index in [0.29, 0.717) is 6.54 Å². The van der Waals surface area contributed by atoms with Crippen molar-refractivity contribution in [2.45, 2.75) is 19.1 Å². The third-order valence-electron chi connectivity index (χ3n) is 2.50. The van der Waals surface area contributed by atoms with Gasteiger partial charge in [0.1, 0.15) is 18.0 Å². The minimum Gasteiger partial charge on any atom is -0.486 e. The summed E-state index contributed by atoms with van der Waals surface area (Å²) < 4.78 is 5.71. The molecule has 2 rings (SSSR count). The summed E-state index contributed by atoms with van der Waals surface area (Å²) in [6.07, 6.45) is -0.509. The highest BCUT2D eigenvalue weighted by Crippen LogP contribution is 2.19. The summed E-state index contributed by atoms with van der Waals surface area (Å²) in [6.45, 7) is 3.34. The lowest BCUT2D eigenvalue weighted by atomic mass is 10.2. The molecule has 1 aromatic rings. The Kier molecular flexibility index (Phi) is 2.70. The van der Waals surface area contributed by atoms with Crippen molar-refractivity contribution in [1.82, 2.24) is 5.32 Å². The Morgan fingerprint density at radius 3 is 2.79 bits per heavy atom. The molecule has 0 unspecified atom stereocenters. The molecule has 2 N–H and O–H groups in total. The first-order valence-corrected chi connectivity index (χ1v) is 4.88. The number of aliphatic hydroxyl groups is 1. The van der Waals surface area contributed by atoms with E-state index in [1.807, 2.05) is 31.2 Å². The van der Waals surface area contributed by atoms with Crippen LogP contribution in [0, 0.1) is 6.92 Å². The number of hydrogen-bond acceptors (Lipinski definition) is 3. The average molecular weight is 193 g/mol. The minimum atomic E-state index is -0.394.